The largest absolute Gasteiger partial charge is 0.266 e. The van der Waals surface area contributed by atoms with Gasteiger partial charge in [-0.15, -0.1) is 0 Å². The van der Waals surface area contributed by atoms with Gasteiger partial charge in [0.05, 0.1) is 34.3 Å². The van der Waals surface area contributed by atoms with Crippen LogP contribution in [0.4, 0.5) is 8.78 Å². The van der Waals surface area contributed by atoms with Gasteiger partial charge in [0.25, 0.3) is 6.43 Å². The molecule has 1 aromatic rings. The minimum atomic E-state index is -2.87. The summed E-state index contributed by atoms with van der Waals surface area (Å²) in [6, 6.07) is 3.28. The van der Waals surface area contributed by atoms with E-state index >= 15 is 0 Å². The second-order valence-corrected chi connectivity index (χ2v) is 3.00. The molecule has 0 aliphatic carbocycles. The van der Waals surface area contributed by atoms with E-state index in [2.05, 4.69) is 4.98 Å². The third-order valence-electron chi connectivity index (χ3n) is 1.73. The molecule has 0 unspecified atom stereocenters. The van der Waals surface area contributed by atoms with E-state index in [1.54, 1.807) is 12.1 Å². The van der Waals surface area contributed by atoms with Crippen molar-refractivity contribution >= 4 is 11.6 Å². The summed E-state index contributed by atoms with van der Waals surface area (Å²) in [5, 5.41) is 16.9. The molecule has 76 valence electrons. The Morgan fingerprint density at radius 2 is 2.13 bits per heavy atom. The van der Waals surface area contributed by atoms with E-state index in [1.165, 1.54) is 0 Å². The maximum Gasteiger partial charge on any atom is 0.266 e. The van der Waals surface area contributed by atoms with Gasteiger partial charge in [0, 0.05) is 6.20 Å². The van der Waals surface area contributed by atoms with Crippen LogP contribution in [-0.4, -0.2) is 4.98 Å². The Labute approximate surface area is 89.5 Å². The molecule has 0 spiro atoms. The third-order valence-corrected chi connectivity index (χ3v) is 2.02. The highest BCUT2D eigenvalue weighted by molar-refractivity contribution is 6.31. The zero-order valence-electron chi connectivity index (χ0n) is 7.34. The lowest BCUT2D eigenvalue weighted by molar-refractivity contribution is 0.149. The quantitative estimate of drug-likeness (QED) is 0.780. The number of nitriles is 2. The van der Waals surface area contributed by atoms with Gasteiger partial charge in [-0.2, -0.15) is 10.5 Å². The van der Waals surface area contributed by atoms with E-state index in [9.17, 15) is 8.78 Å². The molecule has 0 aliphatic rings. The summed E-state index contributed by atoms with van der Waals surface area (Å²) in [7, 11) is 0. The topological polar surface area (TPSA) is 60.5 Å². The molecule has 1 aromatic heterocycles. The van der Waals surface area contributed by atoms with Crippen molar-refractivity contribution in [2.24, 2.45) is 0 Å². The van der Waals surface area contributed by atoms with E-state index in [-0.39, 0.29) is 22.7 Å². The van der Waals surface area contributed by atoms with Crippen molar-refractivity contribution < 1.29 is 8.78 Å². The first-order valence-corrected chi connectivity index (χ1v) is 4.22. The molecule has 0 aromatic carbocycles. The van der Waals surface area contributed by atoms with Gasteiger partial charge in [0.15, 0.2) is 0 Å². The molecule has 0 radical (unpaired) electrons. The average molecular weight is 228 g/mol. The number of halogens is 3. The van der Waals surface area contributed by atoms with Crippen LogP contribution in [0.2, 0.25) is 5.02 Å². The maximum absolute atomic E-state index is 12.6. The van der Waals surface area contributed by atoms with Gasteiger partial charge < -0.3 is 0 Å². The number of hydrogen-bond acceptors (Lipinski definition) is 3. The standard InChI is InChI=1S/C9H4ClF2N3/c10-6-4-15-7(1-2-13)8(9(11)12)5(6)3-14/h4,9H,1H2. The van der Waals surface area contributed by atoms with Gasteiger partial charge in [0.1, 0.15) is 6.07 Å². The van der Waals surface area contributed by atoms with Crippen molar-refractivity contribution in [2.45, 2.75) is 12.8 Å². The lowest BCUT2D eigenvalue weighted by atomic mass is 10.1. The smallest absolute Gasteiger partial charge is 0.258 e. The molecule has 0 atom stereocenters. The molecule has 1 rings (SSSR count). The van der Waals surface area contributed by atoms with Crippen molar-refractivity contribution in [2.75, 3.05) is 0 Å². The number of aromatic nitrogens is 1. The van der Waals surface area contributed by atoms with Crippen LogP contribution in [0.1, 0.15) is 23.2 Å². The molecular weight excluding hydrogens is 224 g/mol. The first-order valence-electron chi connectivity index (χ1n) is 3.84. The van der Waals surface area contributed by atoms with Crippen molar-refractivity contribution in [3.8, 4) is 12.1 Å². The van der Waals surface area contributed by atoms with Crippen LogP contribution in [0.15, 0.2) is 6.20 Å². The van der Waals surface area contributed by atoms with Gasteiger partial charge in [-0.05, 0) is 0 Å². The van der Waals surface area contributed by atoms with Crippen LogP contribution in [0.25, 0.3) is 0 Å². The number of hydrogen-bond donors (Lipinski definition) is 0. The molecule has 1 heterocycles. The molecule has 6 heteroatoms. The van der Waals surface area contributed by atoms with E-state index in [0.29, 0.717) is 0 Å². The number of rotatable bonds is 2. The van der Waals surface area contributed by atoms with Crippen LogP contribution in [-0.2, 0) is 6.42 Å². The zero-order valence-corrected chi connectivity index (χ0v) is 8.09. The number of nitrogens with zero attached hydrogens (tertiary/aromatic N) is 3. The second-order valence-electron chi connectivity index (χ2n) is 2.59. The third kappa shape index (κ3) is 2.20. The highest BCUT2D eigenvalue weighted by Crippen LogP contribution is 2.29. The van der Waals surface area contributed by atoms with Crippen LogP contribution in [0, 0.1) is 22.7 Å². The summed E-state index contributed by atoms with van der Waals surface area (Å²) in [6.07, 6.45) is -2.04. The van der Waals surface area contributed by atoms with Crippen molar-refractivity contribution in [1.29, 1.82) is 10.5 Å². The number of pyridine rings is 1. The van der Waals surface area contributed by atoms with Crippen molar-refractivity contribution in [3.63, 3.8) is 0 Å². The molecule has 0 fully saturated rings. The van der Waals surface area contributed by atoms with E-state index in [0.717, 1.165) is 6.20 Å². The van der Waals surface area contributed by atoms with Gasteiger partial charge in [-0.1, -0.05) is 11.6 Å². The fourth-order valence-corrected chi connectivity index (χ4v) is 1.30. The Balaban J connectivity index is 3.45. The molecule has 0 aliphatic heterocycles. The van der Waals surface area contributed by atoms with E-state index in [1.807, 2.05) is 0 Å². The van der Waals surface area contributed by atoms with E-state index < -0.39 is 12.0 Å². The summed E-state index contributed by atoms with van der Waals surface area (Å²) in [5.41, 5.74) is -0.966. The fourth-order valence-electron chi connectivity index (χ4n) is 1.11. The Kier molecular flexibility index (Phi) is 3.54. The monoisotopic (exact) mass is 227 g/mol. The summed E-state index contributed by atoms with van der Waals surface area (Å²) in [6.45, 7) is 0. The first-order chi connectivity index (χ1) is 7.11. The van der Waals surface area contributed by atoms with Gasteiger partial charge in [0.2, 0.25) is 0 Å². The Hall–Kier alpha value is -1.72. The lowest BCUT2D eigenvalue weighted by Gasteiger charge is -2.07. The molecular formula is C9H4ClF2N3. The maximum atomic E-state index is 12.6. The SMILES string of the molecule is N#CCc1ncc(Cl)c(C#N)c1C(F)F. The molecule has 0 amide bonds. The van der Waals surface area contributed by atoms with Crippen LogP contribution in [0.5, 0.6) is 0 Å². The van der Waals surface area contributed by atoms with Gasteiger partial charge in [-0.3, -0.25) is 4.98 Å². The highest BCUT2D eigenvalue weighted by Gasteiger charge is 2.21. The van der Waals surface area contributed by atoms with Gasteiger partial charge in [-0.25, -0.2) is 8.78 Å². The van der Waals surface area contributed by atoms with Crippen LogP contribution >= 0.6 is 11.6 Å². The predicted molar refractivity (Wildman–Crippen MR) is 48.2 cm³/mol. The minimum Gasteiger partial charge on any atom is -0.258 e. The first kappa shape index (κ1) is 11.4. The second kappa shape index (κ2) is 4.68. The average Bonchev–Trinajstić information content (AvgIpc) is 2.20. The Morgan fingerprint density at radius 3 is 2.60 bits per heavy atom. The molecule has 0 N–H and O–H groups in total. The highest BCUT2D eigenvalue weighted by atomic mass is 35.5. The Bertz CT molecular complexity index is 460. The fraction of sp³-hybridized carbons (Fsp3) is 0.222. The Morgan fingerprint density at radius 1 is 1.47 bits per heavy atom. The lowest BCUT2D eigenvalue weighted by Crippen LogP contribution is -2.02. The van der Waals surface area contributed by atoms with Crippen LogP contribution in [0.3, 0.4) is 0 Å². The molecule has 3 nitrogen and oxygen atoms in total. The summed E-state index contributed by atoms with van der Waals surface area (Å²) in [4.78, 5) is 3.61. The molecule has 0 saturated heterocycles. The summed E-state index contributed by atoms with van der Waals surface area (Å²) < 4.78 is 25.2. The van der Waals surface area contributed by atoms with E-state index in [4.69, 9.17) is 22.1 Å². The zero-order chi connectivity index (χ0) is 11.4. The van der Waals surface area contributed by atoms with Crippen molar-refractivity contribution in [1.82, 2.24) is 4.98 Å². The normalized spacial score (nSPS) is 9.73. The minimum absolute atomic E-state index is 0.103. The van der Waals surface area contributed by atoms with Crippen LogP contribution < -0.4 is 0 Å². The summed E-state index contributed by atoms with van der Waals surface area (Å²) >= 11 is 5.54. The molecule has 0 saturated carbocycles. The van der Waals surface area contributed by atoms with Gasteiger partial charge >= 0.3 is 0 Å². The molecule has 0 bridgehead atoms. The summed E-state index contributed by atoms with van der Waals surface area (Å²) in [5.74, 6) is 0. The number of alkyl halides is 2. The van der Waals surface area contributed by atoms with Crippen molar-refractivity contribution in [3.05, 3.63) is 28.0 Å². The predicted octanol–water partition coefficient (Wildman–Crippen LogP) is 2.61. The molecule has 15 heavy (non-hydrogen) atoms.